The number of likely N-dealkylation sites (N-methyl/N-ethyl adjacent to an activating group) is 1. The average molecular weight is 298 g/mol. The van der Waals surface area contributed by atoms with Crippen LogP contribution in [0.2, 0.25) is 0 Å². The Labute approximate surface area is 130 Å². The lowest BCUT2D eigenvalue weighted by Crippen LogP contribution is -2.49. The van der Waals surface area contributed by atoms with Crippen LogP contribution in [0.25, 0.3) is 0 Å². The van der Waals surface area contributed by atoms with Crippen LogP contribution in [0, 0.1) is 5.92 Å². The van der Waals surface area contributed by atoms with Crippen molar-refractivity contribution in [2.24, 2.45) is 5.92 Å². The van der Waals surface area contributed by atoms with Crippen LogP contribution in [0.5, 0.6) is 0 Å². The zero-order valence-electron chi connectivity index (χ0n) is 14.2. The summed E-state index contributed by atoms with van der Waals surface area (Å²) in [4.78, 5) is 7.55. The van der Waals surface area contributed by atoms with E-state index < -0.39 is 0 Å². The normalized spacial score (nSPS) is 25.9. The first-order valence-electron chi connectivity index (χ1n) is 8.59. The second kappa shape index (κ2) is 9.06. The topological polar surface area (TPSA) is 31.0 Å². The maximum Gasteiger partial charge on any atom is 0.0829 e. The second-order valence-corrected chi connectivity index (χ2v) is 7.00. The van der Waals surface area contributed by atoms with Gasteiger partial charge in [-0.05, 0) is 13.0 Å². The minimum Gasteiger partial charge on any atom is -0.374 e. The summed E-state index contributed by atoms with van der Waals surface area (Å²) < 4.78 is 5.95. The third-order valence-corrected chi connectivity index (χ3v) is 4.37. The summed E-state index contributed by atoms with van der Waals surface area (Å²) in [5, 5.41) is 3.41. The number of nitrogens with one attached hydrogen (secondary N) is 1. The highest BCUT2D eigenvalue weighted by Crippen LogP contribution is 2.09. The molecule has 0 aromatic heterocycles. The Morgan fingerprint density at radius 1 is 1.19 bits per heavy atom. The molecule has 5 heteroatoms. The molecule has 0 aromatic rings. The van der Waals surface area contributed by atoms with Crippen LogP contribution in [0.1, 0.15) is 13.8 Å². The molecule has 124 valence electrons. The van der Waals surface area contributed by atoms with E-state index in [0.717, 1.165) is 51.8 Å². The molecule has 0 spiro atoms. The number of morpholine rings is 1. The predicted molar refractivity (Wildman–Crippen MR) is 87.8 cm³/mol. The standard InChI is InChI=1S/C16H34N4O/c1-15(2)12-20-10-11-21-16(14-20)13-18(3)8-9-19-6-4-17-5-7-19/h15-17H,4-14H2,1-3H3. The molecule has 2 aliphatic heterocycles. The maximum absolute atomic E-state index is 5.95. The van der Waals surface area contributed by atoms with Crippen molar-refractivity contribution in [2.75, 3.05) is 79.1 Å². The highest BCUT2D eigenvalue weighted by atomic mass is 16.5. The lowest BCUT2D eigenvalue weighted by Gasteiger charge is -2.36. The van der Waals surface area contributed by atoms with Crippen LogP contribution in [-0.4, -0.2) is 99.9 Å². The van der Waals surface area contributed by atoms with Crippen molar-refractivity contribution in [3.05, 3.63) is 0 Å². The molecule has 1 unspecified atom stereocenters. The molecule has 21 heavy (non-hydrogen) atoms. The van der Waals surface area contributed by atoms with E-state index in [9.17, 15) is 0 Å². The third-order valence-electron chi connectivity index (χ3n) is 4.37. The smallest absolute Gasteiger partial charge is 0.0829 e. The van der Waals surface area contributed by atoms with E-state index in [4.69, 9.17) is 4.74 Å². The summed E-state index contributed by atoms with van der Waals surface area (Å²) in [6.45, 7) is 16.9. The zero-order valence-corrected chi connectivity index (χ0v) is 14.2. The van der Waals surface area contributed by atoms with E-state index in [2.05, 4.69) is 40.9 Å². The number of nitrogens with zero attached hydrogens (tertiary/aromatic N) is 3. The predicted octanol–water partition coefficient (Wildman–Crippen LogP) is 0.180. The van der Waals surface area contributed by atoms with Gasteiger partial charge < -0.3 is 15.0 Å². The van der Waals surface area contributed by atoms with Gasteiger partial charge in [0.1, 0.15) is 0 Å². The lowest BCUT2D eigenvalue weighted by atomic mass is 10.1. The van der Waals surface area contributed by atoms with Crippen molar-refractivity contribution in [1.29, 1.82) is 0 Å². The Hall–Kier alpha value is -0.200. The SMILES string of the molecule is CC(C)CN1CCOC(CN(C)CCN2CCNCC2)C1. The molecule has 0 aromatic carbocycles. The van der Waals surface area contributed by atoms with Gasteiger partial charge >= 0.3 is 0 Å². The highest BCUT2D eigenvalue weighted by Gasteiger charge is 2.22. The fourth-order valence-electron chi connectivity index (χ4n) is 3.26. The monoisotopic (exact) mass is 298 g/mol. The van der Waals surface area contributed by atoms with E-state index in [-0.39, 0.29) is 0 Å². The molecule has 1 atom stereocenters. The number of hydrogen-bond acceptors (Lipinski definition) is 5. The van der Waals surface area contributed by atoms with Crippen LogP contribution in [0.15, 0.2) is 0 Å². The van der Waals surface area contributed by atoms with E-state index in [1.54, 1.807) is 0 Å². The molecule has 0 bridgehead atoms. The van der Waals surface area contributed by atoms with E-state index in [0.29, 0.717) is 6.10 Å². The molecular weight excluding hydrogens is 264 g/mol. The van der Waals surface area contributed by atoms with Gasteiger partial charge in [0.25, 0.3) is 0 Å². The van der Waals surface area contributed by atoms with Gasteiger partial charge in [-0.25, -0.2) is 0 Å². The number of rotatable bonds is 7. The first-order valence-corrected chi connectivity index (χ1v) is 8.59. The maximum atomic E-state index is 5.95. The van der Waals surface area contributed by atoms with Crippen LogP contribution in [-0.2, 0) is 4.74 Å². The first-order chi connectivity index (χ1) is 10.1. The van der Waals surface area contributed by atoms with Crippen LogP contribution >= 0.6 is 0 Å². The number of ether oxygens (including phenoxy) is 1. The summed E-state index contributed by atoms with van der Waals surface area (Å²) in [6, 6.07) is 0. The van der Waals surface area contributed by atoms with Crippen molar-refractivity contribution >= 4 is 0 Å². The summed E-state index contributed by atoms with van der Waals surface area (Å²) in [5.41, 5.74) is 0. The van der Waals surface area contributed by atoms with E-state index in [1.807, 2.05) is 0 Å². The van der Waals surface area contributed by atoms with Crippen molar-refractivity contribution in [2.45, 2.75) is 20.0 Å². The summed E-state index contributed by atoms with van der Waals surface area (Å²) in [7, 11) is 2.23. The minimum atomic E-state index is 0.380. The molecular formula is C16H34N4O. The molecule has 2 rings (SSSR count). The molecule has 2 saturated heterocycles. The average Bonchev–Trinajstić information content (AvgIpc) is 2.46. The Morgan fingerprint density at radius 2 is 1.95 bits per heavy atom. The third kappa shape index (κ3) is 6.61. The quantitative estimate of drug-likeness (QED) is 0.725. The van der Waals surface area contributed by atoms with E-state index >= 15 is 0 Å². The summed E-state index contributed by atoms with van der Waals surface area (Å²) in [6.07, 6.45) is 0.380. The lowest BCUT2D eigenvalue weighted by molar-refractivity contribution is -0.0438. The molecule has 0 saturated carbocycles. The fraction of sp³-hybridized carbons (Fsp3) is 1.00. The second-order valence-electron chi connectivity index (χ2n) is 7.00. The van der Waals surface area contributed by atoms with E-state index in [1.165, 1.54) is 26.2 Å². The van der Waals surface area contributed by atoms with Crippen molar-refractivity contribution in [3.63, 3.8) is 0 Å². The van der Waals surface area contributed by atoms with Crippen molar-refractivity contribution < 1.29 is 4.74 Å². The molecule has 5 nitrogen and oxygen atoms in total. The van der Waals surface area contributed by atoms with Gasteiger partial charge in [-0.15, -0.1) is 0 Å². The Bertz CT molecular complexity index is 281. The zero-order chi connectivity index (χ0) is 15.1. The van der Waals surface area contributed by atoms with Crippen LogP contribution in [0.4, 0.5) is 0 Å². The largest absolute Gasteiger partial charge is 0.374 e. The van der Waals surface area contributed by atoms with Crippen molar-refractivity contribution in [3.8, 4) is 0 Å². The van der Waals surface area contributed by atoms with Gasteiger partial charge in [-0.2, -0.15) is 0 Å². The summed E-state index contributed by atoms with van der Waals surface area (Å²) >= 11 is 0. The molecule has 2 aliphatic rings. The summed E-state index contributed by atoms with van der Waals surface area (Å²) in [5.74, 6) is 0.745. The fourth-order valence-corrected chi connectivity index (χ4v) is 3.26. The van der Waals surface area contributed by atoms with Crippen LogP contribution in [0.3, 0.4) is 0 Å². The number of hydrogen-bond donors (Lipinski definition) is 1. The minimum absolute atomic E-state index is 0.380. The van der Waals surface area contributed by atoms with Gasteiger partial charge in [0.2, 0.25) is 0 Å². The molecule has 0 amide bonds. The Balaban J connectivity index is 1.63. The molecule has 0 aliphatic carbocycles. The first kappa shape index (κ1) is 17.2. The van der Waals surface area contributed by atoms with Gasteiger partial charge in [0, 0.05) is 65.4 Å². The Morgan fingerprint density at radius 3 is 2.67 bits per heavy atom. The number of piperazine rings is 1. The molecule has 2 fully saturated rings. The molecule has 2 heterocycles. The molecule has 0 radical (unpaired) electrons. The van der Waals surface area contributed by atoms with Gasteiger partial charge in [0.05, 0.1) is 12.7 Å². The van der Waals surface area contributed by atoms with Gasteiger partial charge in [-0.3, -0.25) is 9.80 Å². The van der Waals surface area contributed by atoms with Crippen molar-refractivity contribution in [1.82, 2.24) is 20.0 Å². The van der Waals surface area contributed by atoms with Crippen LogP contribution < -0.4 is 5.32 Å². The van der Waals surface area contributed by atoms with Gasteiger partial charge in [0.15, 0.2) is 0 Å². The molecule has 1 N–H and O–H groups in total. The Kier molecular flexibility index (Phi) is 7.40. The van der Waals surface area contributed by atoms with Gasteiger partial charge in [-0.1, -0.05) is 13.8 Å². The highest BCUT2D eigenvalue weighted by molar-refractivity contribution is 4.76.